The molecule has 1 unspecified atom stereocenters. The Morgan fingerprint density at radius 2 is 2.33 bits per heavy atom. The fourth-order valence-electron chi connectivity index (χ4n) is 0.207. The molecule has 1 N–H and O–H groups in total. The summed E-state index contributed by atoms with van der Waals surface area (Å²) in [7, 11) is 0. The molecule has 3 heteroatoms. The molecule has 0 radical (unpaired) electrons. The molecule has 1 saturated heterocycles. The van der Waals surface area contributed by atoms with E-state index in [-0.39, 0.29) is 5.91 Å². The molecule has 0 aromatic rings. The highest BCUT2D eigenvalue weighted by molar-refractivity contribution is 6.09. The van der Waals surface area contributed by atoms with Gasteiger partial charge in [0.25, 0.3) is 5.91 Å². The lowest BCUT2D eigenvalue weighted by Gasteiger charge is -1.52. The van der Waals surface area contributed by atoms with E-state index in [9.17, 15) is 9.59 Å². The minimum atomic E-state index is -0.468. The fraction of sp³-hybridized carbons (Fsp3) is 0.333. The third-order valence-electron chi connectivity index (χ3n) is 0.633. The molecular formula is C3H3NO2. The molecule has 1 fully saturated rings. The minimum absolute atomic E-state index is 0.162. The number of carbonyl (C=O) groups excluding carboxylic acids is 2. The van der Waals surface area contributed by atoms with Crippen molar-refractivity contribution >= 4 is 12.2 Å². The van der Waals surface area contributed by atoms with E-state index in [0.717, 1.165) is 0 Å². The average molecular weight is 85.1 g/mol. The SMILES string of the molecule is O=CC1NC1=O. The first-order chi connectivity index (χ1) is 2.84. The van der Waals surface area contributed by atoms with Crippen molar-refractivity contribution in [2.75, 3.05) is 0 Å². The molecular weight excluding hydrogens is 82.0 g/mol. The molecule has 0 saturated carbocycles. The maximum atomic E-state index is 9.78. The van der Waals surface area contributed by atoms with Crippen LogP contribution in [0.2, 0.25) is 0 Å². The van der Waals surface area contributed by atoms with Crippen LogP contribution in [0, 0.1) is 0 Å². The van der Waals surface area contributed by atoms with Crippen LogP contribution < -0.4 is 5.32 Å². The van der Waals surface area contributed by atoms with Gasteiger partial charge in [0.1, 0.15) is 0 Å². The van der Waals surface area contributed by atoms with Crippen molar-refractivity contribution in [3.63, 3.8) is 0 Å². The Balaban J connectivity index is 2.44. The van der Waals surface area contributed by atoms with Gasteiger partial charge in [-0.15, -0.1) is 0 Å². The molecule has 1 amide bonds. The number of amides is 1. The van der Waals surface area contributed by atoms with E-state index in [1.54, 1.807) is 0 Å². The number of hydrogen-bond donors (Lipinski definition) is 1. The Morgan fingerprint density at radius 1 is 1.83 bits per heavy atom. The van der Waals surface area contributed by atoms with Crippen LogP contribution in [0.4, 0.5) is 0 Å². The molecule has 0 bridgehead atoms. The number of rotatable bonds is 1. The molecule has 1 atom stereocenters. The molecule has 1 aliphatic heterocycles. The summed E-state index contributed by atoms with van der Waals surface area (Å²) >= 11 is 0. The highest BCUT2D eigenvalue weighted by atomic mass is 16.2. The summed E-state index contributed by atoms with van der Waals surface area (Å²) in [6.45, 7) is 0. The Morgan fingerprint density at radius 3 is 2.33 bits per heavy atom. The Labute approximate surface area is 34.3 Å². The van der Waals surface area contributed by atoms with Gasteiger partial charge in [0.15, 0.2) is 12.3 Å². The predicted octanol–water partition coefficient (Wildman–Crippen LogP) is -1.32. The van der Waals surface area contributed by atoms with Crippen LogP contribution in [-0.4, -0.2) is 18.2 Å². The quantitative estimate of drug-likeness (QED) is 0.244. The van der Waals surface area contributed by atoms with Gasteiger partial charge in [-0.1, -0.05) is 0 Å². The van der Waals surface area contributed by atoms with E-state index >= 15 is 0 Å². The third-order valence-corrected chi connectivity index (χ3v) is 0.633. The summed E-state index contributed by atoms with van der Waals surface area (Å²) in [4.78, 5) is 19.3. The zero-order chi connectivity index (χ0) is 4.57. The summed E-state index contributed by atoms with van der Waals surface area (Å²) < 4.78 is 0. The lowest BCUT2D eigenvalue weighted by Crippen LogP contribution is -1.87. The maximum absolute atomic E-state index is 9.78. The lowest BCUT2D eigenvalue weighted by atomic mass is 10.5. The second kappa shape index (κ2) is 0.801. The first-order valence-electron chi connectivity index (χ1n) is 1.60. The van der Waals surface area contributed by atoms with Crippen molar-refractivity contribution in [3.8, 4) is 0 Å². The van der Waals surface area contributed by atoms with Gasteiger partial charge >= 0.3 is 0 Å². The number of nitrogens with one attached hydrogen (secondary N) is 1. The Bertz CT molecular complexity index is 99.0. The molecule has 3 nitrogen and oxygen atoms in total. The van der Waals surface area contributed by atoms with Gasteiger partial charge in [-0.3, -0.25) is 4.79 Å². The van der Waals surface area contributed by atoms with E-state index in [4.69, 9.17) is 0 Å². The van der Waals surface area contributed by atoms with Gasteiger partial charge in [0.2, 0.25) is 0 Å². The molecule has 1 rings (SSSR count). The Kier molecular flexibility index (Phi) is 0.445. The van der Waals surface area contributed by atoms with Gasteiger partial charge < -0.3 is 10.1 Å². The van der Waals surface area contributed by atoms with Crippen molar-refractivity contribution in [2.24, 2.45) is 0 Å². The van der Waals surface area contributed by atoms with Crippen LogP contribution in [0.5, 0.6) is 0 Å². The first-order valence-corrected chi connectivity index (χ1v) is 1.60. The monoisotopic (exact) mass is 85.0 g/mol. The second-order valence-corrected chi connectivity index (χ2v) is 1.12. The van der Waals surface area contributed by atoms with Gasteiger partial charge in [0, 0.05) is 0 Å². The number of carbonyl (C=O) groups is 2. The van der Waals surface area contributed by atoms with Gasteiger partial charge in [0.05, 0.1) is 0 Å². The van der Waals surface area contributed by atoms with E-state index < -0.39 is 6.04 Å². The van der Waals surface area contributed by atoms with E-state index in [0.29, 0.717) is 6.29 Å². The van der Waals surface area contributed by atoms with Crippen molar-refractivity contribution in [1.29, 1.82) is 0 Å². The molecule has 32 valence electrons. The van der Waals surface area contributed by atoms with Crippen LogP contribution in [0.15, 0.2) is 0 Å². The van der Waals surface area contributed by atoms with Crippen molar-refractivity contribution in [1.82, 2.24) is 5.32 Å². The summed E-state index contributed by atoms with van der Waals surface area (Å²) in [6.07, 6.45) is 0.586. The summed E-state index contributed by atoms with van der Waals surface area (Å²) in [5.41, 5.74) is 0. The zero-order valence-electron chi connectivity index (χ0n) is 2.97. The van der Waals surface area contributed by atoms with Gasteiger partial charge in [-0.25, -0.2) is 0 Å². The van der Waals surface area contributed by atoms with Crippen LogP contribution >= 0.6 is 0 Å². The van der Waals surface area contributed by atoms with Crippen LogP contribution in [0.1, 0.15) is 0 Å². The van der Waals surface area contributed by atoms with E-state index in [1.807, 2.05) is 0 Å². The topological polar surface area (TPSA) is 56.1 Å². The normalized spacial score (nSPS) is 28.7. The minimum Gasteiger partial charge on any atom is -0.336 e. The number of aldehydes is 1. The van der Waals surface area contributed by atoms with Gasteiger partial charge in [-0.2, -0.15) is 0 Å². The standard InChI is InChI=1S/C3H3NO2/c5-1-2-3(6)4-2/h1-2H,(H,4,6). The van der Waals surface area contributed by atoms with Crippen LogP contribution in [0.3, 0.4) is 0 Å². The van der Waals surface area contributed by atoms with Crippen molar-refractivity contribution < 1.29 is 9.59 Å². The third kappa shape index (κ3) is 0.282. The maximum Gasteiger partial charge on any atom is 0.251 e. The molecule has 6 heavy (non-hydrogen) atoms. The highest BCUT2D eigenvalue weighted by Crippen LogP contribution is 1.91. The largest absolute Gasteiger partial charge is 0.336 e. The lowest BCUT2D eigenvalue weighted by molar-refractivity contribution is -0.113. The number of hydrogen-bond acceptors (Lipinski definition) is 2. The van der Waals surface area contributed by atoms with Crippen LogP contribution in [0.25, 0.3) is 0 Å². The van der Waals surface area contributed by atoms with Gasteiger partial charge in [-0.05, 0) is 0 Å². The van der Waals surface area contributed by atoms with Crippen molar-refractivity contribution in [3.05, 3.63) is 0 Å². The first kappa shape index (κ1) is 3.33. The van der Waals surface area contributed by atoms with E-state index in [2.05, 4.69) is 5.32 Å². The molecule has 1 heterocycles. The van der Waals surface area contributed by atoms with E-state index in [1.165, 1.54) is 0 Å². The average Bonchev–Trinajstić information content (AvgIpc) is 2.19. The van der Waals surface area contributed by atoms with Crippen LogP contribution in [-0.2, 0) is 9.59 Å². The Hall–Kier alpha value is -0.860. The molecule has 0 spiro atoms. The summed E-state index contributed by atoms with van der Waals surface area (Å²) in [5.74, 6) is -0.162. The highest BCUT2D eigenvalue weighted by Gasteiger charge is 2.32. The fourth-order valence-corrected chi connectivity index (χ4v) is 0.207. The molecule has 0 aliphatic carbocycles. The summed E-state index contributed by atoms with van der Waals surface area (Å²) in [6, 6.07) is -0.468. The molecule has 1 aliphatic rings. The molecule has 0 aromatic carbocycles. The second-order valence-electron chi connectivity index (χ2n) is 1.12. The smallest absolute Gasteiger partial charge is 0.251 e. The predicted molar refractivity (Wildman–Crippen MR) is 18.0 cm³/mol. The summed E-state index contributed by atoms with van der Waals surface area (Å²) in [5, 5.41) is 2.27. The molecule has 0 aromatic heterocycles. The zero-order valence-corrected chi connectivity index (χ0v) is 2.97. The van der Waals surface area contributed by atoms with Crippen molar-refractivity contribution in [2.45, 2.75) is 6.04 Å².